The van der Waals surface area contributed by atoms with E-state index in [2.05, 4.69) is 237 Å². The summed E-state index contributed by atoms with van der Waals surface area (Å²) in [6, 6.07) is 82.6. The molecule has 3 aliphatic rings. The number of hydrogen-bond donors (Lipinski definition) is 0. The Kier molecular flexibility index (Phi) is 7.77. The second-order valence-corrected chi connectivity index (χ2v) is 19.5. The number of benzene rings is 11. The van der Waals surface area contributed by atoms with Gasteiger partial charge in [0.1, 0.15) is 22.7 Å². The summed E-state index contributed by atoms with van der Waals surface area (Å²) < 4.78 is 13.6. The van der Waals surface area contributed by atoms with Gasteiger partial charge in [-0.3, -0.25) is 0 Å². The number of ether oxygens (including phenoxy) is 1. The van der Waals surface area contributed by atoms with Crippen LogP contribution in [-0.4, -0.2) is 0 Å². The van der Waals surface area contributed by atoms with Crippen LogP contribution < -0.4 is 9.64 Å². The molecule has 0 N–H and O–H groups in total. The quantitative estimate of drug-likeness (QED) is 0.176. The molecule has 0 radical (unpaired) electrons. The summed E-state index contributed by atoms with van der Waals surface area (Å²) in [5.41, 5.74) is 19.2. The maximum Gasteiger partial charge on any atom is 0.140 e. The van der Waals surface area contributed by atoms with E-state index in [4.69, 9.17) is 9.15 Å². The minimum atomic E-state index is -0.639. The van der Waals surface area contributed by atoms with Crippen LogP contribution in [0, 0.1) is 0 Å². The van der Waals surface area contributed by atoms with E-state index in [0.29, 0.717) is 0 Å². The highest BCUT2D eigenvalue weighted by atomic mass is 16.5. The van der Waals surface area contributed by atoms with E-state index >= 15 is 0 Å². The van der Waals surface area contributed by atoms with Gasteiger partial charge in [-0.15, -0.1) is 0 Å². The van der Waals surface area contributed by atoms with Crippen LogP contribution in [-0.2, 0) is 10.8 Å². The van der Waals surface area contributed by atoms with Gasteiger partial charge in [-0.25, -0.2) is 0 Å². The maximum absolute atomic E-state index is 7.25. The lowest BCUT2D eigenvalue weighted by Crippen LogP contribution is -2.32. The largest absolute Gasteiger partial charge is 0.456 e. The Labute approximate surface area is 400 Å². The molecule has 1 aliphatic heterocycles. The molecule has 0 unspecified atom stereocenters. The Morgan fingerprint density at radius 2 is 0.913 bits per heavy atom. The fourth-order valence-electron chi connectivity index (χ4n) is 12.6. The van der Waals surface area contributed by atoms with Gasteiger partial charge >= 0.3 is 0 Å². The average molecular weight is 882 g/mol. The lowest BCUT2D eigenvalue weighted by atomic mass is 9.65. The topological polar surface area (TPSA) is 25.6 Å². The van der Waals surface area contributed by atoms with Gasteiger partial charge in [-0.1, -0.05) is 190 Å². The Balaban J connectivity index is 0.967. The Hall–Kier alpha value is -8.66. The average Bonchev–Trinajstić information content (AvgIpc) is 4.00. The van der Waals surface area contributed by atoms with E-state index in [1.807, 2.05) is 6.07 Å². The van der Waals surface area contributed by atoms with E-state index in [1.165, 1.54) is 50.1 Å². The highest BCUT2D eigenvalue weighted by Crippen LogP contribution is 2.65. The Bertz CT molecular complexity index is 4090. The summed E-state index contributed by atoms with van der Waals surface area (Å²) in [4.78, 5) is 2.43. The number of rotatable bonds is 4. The van der Waals surface area contributed by atoms with Crippen LogP contribution in [0.3, 0.4) is 0 Å². The minimum Gasteiger partial charge on any atom is -0.456 e. The molecule has 324 valence electrons. The standard InChI is InChI=1S/C66H43NO2/c1-65(2)54-25-10-7-21-49(54)50-33-31-45(39-59(50)65)67(44-32-36-61-53(38-44)51-22-9-12-28-60(51)68-61)43-18-13-17-42(37-43)46-24-14-27-56-62(46)52-23-8-11-26-55(52)66(56)57-34-29-40-15-3-5-19-47(40)63(57)69-64-48-20-6-4-16-41(48)30-35-58(64)66/h3-39H,1-2H3. The molecule has 1 spiro atoms. The first-order valence-electron chi connectivity index (χ1n) is 24.0. The molecule has 15 rings (SSSR count). The van der Waals surface area contributed by atoms with Gasteiger partial charge in [-0.05, 0) is 115 Å². The van der Waals surface area contributed by atoms with Crippen LogP contribution in [0.2, 0.25) is 0 Å². The molecule has 3 heteroatoms. The lowest BCUT2D eigenvalue weighted by molar-refractivity contribution is 0.447. The SMILES string of the molecule is CC1(C)c2ccccc2-c2ccc(N(c3cccc(-c4cccc5c4-c4ccccc4C54c5ccc6ccccc6c5Oc5c4ccc4ccccc54)c3)c3ccc4oc5ccccc5c4c3)cc21. The third-order valence-electron chi connectivity index (χ3n) is 15.7. The molecule has 0 saturated heterocycles. The number of hydrogen-bond acceptors (Lipinski definition) is 3. The molecule has 2 heterocycles. The molecular weight excluding hydrogens is 839 g/mol. The van der Waals surface area contributed by atoms with Crippen molar-refractivity contribution in [3.05, 3.63) is 258 Å². The molecule has 0 saturated carbocycles. The summed E-state index contributed by atoms with van der Waals surface area (Å²) in [6.07, 6.45) is 0. The first-order valence-corrected chi connectivity index (χ1v) is 24.0. The summed E-state index contributed by atoms with van der Waals surface area (Å²) in [5, 5.41) is 6.75. The molecule has 12 aromatic rings. The first-order chi connectivity index (χ1) is 34.0. The summed E-state index contributed by atoms with van der Waals surface area (Å²) in [6.45, 7) is 4.72. The van der Waals surface area contributed by atoms with Crippen molar-refractivity contribution >= 4 is 60.5 Å². The highest BCUT2D eigenvalue weighted by molar-refractivity contribution is 6.07. The molecule has 0 fully saturated rings. The molecule has 0 bridgehead atoms. The van der Waals surface area contributed by atoms with Crippen molar-refractivity contribution in [1.29, 1.82) is 0 Å². The van der Waals surface area contributed by atoms with Gasteiger partial charge in [0.25, 0.3) is 0 Å². The molecule has 0 amide bonds. The zero-order chi connectivity index (χ0) is 45.6. The van der Waals surface area contributed by atoms with Gasteiger partial charge < -0.3 is 14.1 Å². The van der Waals surface area contributed by atoms with E-state index in [9.17, 15) is 0 Å². The fourth-order valence-corrected chi connectivity index (χ4v) is 12.6. The van der Waals surface area contributed by atoms with Crippen LogP contribution in [0.4, 0.5) is 17.1 Å². The Morgan fingerprint density at radius 1 is 0.348 bits per heavy atom. The van der Waals surface area contributed by atoms with Crippen molar-refractivity contribution in [3.63, 3.8) is 0 Å². The zero-order valence-corrected chi connectivity index (χ0v) is 38.1. The van der Waals surface area contributed by atoms with Crippen LogP contribution in [0.15, 0.2) is 229 Å². The van der Waals surface area contributed by atoms with Crippen LogP contribution in [0.5, 0.6) is 11.5 Å². The number of anilines is 3. The van der Waals surface area contributed by atoms with E-state index in [0.717, 1.165) is 88.7 Å². The second kappa shape index (κ2) is 13.9. The van der Waals surface area contributed by atoms with Gasteiger partial charge in [-0.2, -0.15) is 0 Å². The Morgan fingerprint density at radius 3 is 1.70 bits per heavy atom. The first kappa shape index (κ1) is 38.4. The molecule has 1 aromatic heterocycles. The molecule has 3 nitrogen and oxygen atoms in total. The fraction of sp³-hybridized carbons (Fsp3) is 0.0606. The number of fused-ring (bicyclic) bond motifs is 19. The van der Waals surface area contributed by atoms with Crippen molar-refractivity contribution in [2.45, 2.75) is 24.7 Å². The van der Waals surface area contributed by atoms with Crippen LogP contribution in [0.25, 0.3) is 76.9 Å². The second-order valence-electron chi connectivity index (χ2n) is 19.5. The highest BCUT2D eigenvalue weighted by Gasteiger charge is 2.52. The van der Waals surface area contributed by atoms with Crippen LogP contribution in [0.1, 0.15) is 47.2 Å². The molecule has 0 atom stereocenters. The maximum atomic E-state index is 7.25. The van der Waals surface area contributed by atoms with Gasteiger partial charge in [0, 0.05) is 55.1 Å². The smallest absolute Gasteiger partial charge is 0.140 e. The van der Waals surface area contributed by atoms with Crippen LogP contribution >= 0.6 is 0 Å². The summed E-state index contributed by atoms with van der Waals surface area (Å²) in [7, 11) is 0. The third kappa shape index (κ3) is 5.17. The normalized spacial score (nSPS) is 14.3. The van der Waals surface area contributed by atoms with Crippen molar-refractivity contribution in [1.82, 2.24) is 0 Å². The van der Waals surface area contributed by atoms with Gasteiger partial charge in [0.05, 0.1) is 5.41 Å². The van der Waals surface area contributed by atoms with Crippen molar-refractivity contribution in [2.24, 2.45) is 0 Å². The van der Waals surface area contributed by atoms with E-state index in [1.54, 1.807) is 0 Å². The molecule has 69 heavy (non-hydrogen) atoms. The number of para-hydroxylation sites is 1. The minimum absolute atomic E-state index is 0.159. The zero-order valence-electron chi connectivity index (χ0n) is 38.1. The van der Waals surface area contributed by atoms with Crippen molar-refractivity contribution in [2.75, 3.05) is 4.90 Å². The molecular formula is C66H43NO2. The predicted molar refractivity (Wildman–Crippen MR) is 284 cm³/mol. The lowest BCUT2D eigenvalue weighted by Gasteiger charge is -2.40. The van der Waals surface area contributed by atoms with Gasteiger partial charge in [0.15, 0.2) is 0 Å². The summed E-state index contributed by atoms with van der Waals surface area (Å²) >= 11 is 0. The summed E-state index contributed by atoms with van der Waals surface area (Å²) in [5.74, 6) is 1.84. The predicted octanol–water partition coefficient (Wildman–Crippen LogP) is 17.8. The van der Waals surface area contributed by atoms with Crippen molar-refractivity contribution < 1.29 is 9.15 Å². The van der Waals surface area contributed by atoms with Gasteiger partial charge in [0.2, 0.25) is 0 Å². The van der Waals surface area contributed by atoms with E-state index in [-0.39, 0.29) is 5.41 Å². The monoisotopic (exact) mass is 881 g/mol. The molecule has 11 aromatic carbocycles. The third-order valence-corrected chi connectivity index (χ3v) is 15.7. The number of furan rings is 1. The number of nitrogens with zero attached hydrogens (tertiary/aromatic N) is 1. The van der Waals surface area contributed by atoms with E-state index < -0.39 is 5.41 Å². The van der Waals surface area contributed by atoms with Crippen molar-refractivity contribution in [3.8, 4) is 44.9 Å². The molecule has 2 aliphatic carbocycles.